The minimum Gasteiger partial charge on any atom is -1.00 e. The molecule has 0 amide bonds. The van der Waals surface area contributed by atoms with Crippen molar-refractivity contribution in [2.45, 2.75) is 65.8 Å². The van der Waals surface area contributed by atoms with E-state index in [9.17, 15) is 0 Å². The molecule has 0 saturated heterocycles. The second-order valence-corrected chi connectivity index (χ2v) is 20.5. The Labute approximate surface area is 228 Å². The van der Waals surface area contributed by atoms with Gasteiger partial charge in [-0.1, -0.05) is 0 Å². The van der Waals surface area contributed by atoms with Gasteiger partial charge in [-0.25, -0.2) is 0 Å². The minimum absolute atomic E-state index is 0. The van der Waals surface area contributed by atoms with Crippen LogP contribution in [0.25, 0.3) is 0 Å². The van der Waals surface area contributed by atoms with E-state index in [0.29, 0.717) is 0 Å². The fraction of sp³-hybridized carbons (Fsp3) is 0.385. The topological polar surface area (TPSA) is 0 Å². The van der Waals surface area contributed by atoms with Crippen molar-refractivity contribution in [2.75, 3.05) is 0 Å². The van der Waals surface area contributed by atoms with Gasteiger partial charge in [0.15, 0.2) is 0 Å². The summed E-state index contributed by atoms with van der Waals surface area (Å²) in [5, 5.41) is 4.80. The van der Waals surface area contributed by atoms with E-state index in [1.807, 2.05) is 0 Å². The molecule has 3 rings (SSSR count). The molecule has 0 fully saturated rings. The maximum atomic E-state index is 2.62. The predicted molar refractivity (Wildman–Crippen MR) is 131 cm³/mol. The Balaban J connectivity index is 0.00000320. The summed E-state index contributed by atoms with van der Waals surface area (Å²) in [6.45, 7) is 21.9. The van der Waals surface area contributed by atoms with E-state index in [0.717, 1.165) is 0 Å². The number of aryl methyl sites for hydroxylation is 1. The molecule has 2 atom stereocenters. The van der Waals surface area contributed by atoms with E-state index in [4.69, 9.17) is 0 Å². The predicted octanol–water partition coefficient (Wildman–Crippen LogP) is -3.32. The van der Waals surface area contributed by atoms with Gasteiger partial charge in [-0.15, -0.1) is 0 Å². The quantitative estimate of drug-likeness (QED) is 0.345. The number of allylic oxidation sites excluding steroid dienone is 4. The Morgan fingerprint density at radius 2 is 1.19 bits per heavy atom. The van der Waals surface area contributed by atoms with Gasteiger partial charge < -0.3 is 37.2 Å². The summed E-state index contributed by atoms with van der Waals surface area (Å²) in [4.78, 5) is 0. The Hall–Kier alpha value is -0.0619. The number of hydrogen-bond donors (Lipinski definition) is 0. The van der Waals surface area contributed by atoms with Crippen LogP contribution >= 0.6 is 0 Å². The summed E-state index contributed by atoms with van der Waals surface area (Å²) in [7, 11) is -3.54. The molecule has 0 radical (unpaired) electrons. The van der Waals surface area contributed by atoms with Gasteiger partial charge in [0.25, 0.3) is 0 Å². The number of hydrogen-bond acceptors (Lipinski definition) is 0. The van der Waals surface area contributed by atoms with Crippen LogP contribution in [0.5, 0.6) is 0 Å². The smallest absolute Gasteiger partial charge is 1.00 e. The molecule has 1 aliphatic rings. The summed E-state index contributed by atoms with van der Waals surface area (Å²) in [6.07, 6.45) is 0. The molecule has 172 valence electrons. The third-order valence-electron chi connectivity index (χ3n) is 7.62. The fourth-order valence-corrected chi connectivity index (χ4v) is 13.1. The SMILES string of the molecule is CC1=C(C)C(C)([Si](C)(c2ccccc2)c2cc(C)cc([Si](C)(C)C)c2)[C]([Ti+3])=C1C.[Cl-].[Cl-].[Cl-]. The molecule has 0 saturated carbocycles. The third kappa shape index (κ3) is 4.98. The normalized spacial score (nSPS) is 20.2. The zero-order valence-corrected chi connectivity index (χ0v) is 26.6. The van der Waals surface area contributed by atoms with Crippen LogP contribution in [0.4, 0.5) is 0 Å². The Bertz CT molecular complexity index is 999. The second-order valence-electron chi connectivity index (χ2n) is 10.2. The molecule has 2 unspecified atom stereocenters. The molecule has 2 aromatic carbocycles. The minimum atomic E-state index is -2.14. The van der Waals surface area contributed by atoms with Gasteiger partial charge in [-0.05, 0) is 0 Å². The molecule has 0 bridgehead atoms. The molecule has 1 aliphatic carbocycles. The van der Waals surface area contributed by atoms with Crippen LogP contribution in [-0.4, -0.2) is 16.1 Å². The average molecular weight is 558 g/mol. The summed E-state index contributed by atoms with van der Waals surface area (Å²) < 4.78 is 1.57. The van der Waals surface area contributed by atoms with Crippen molar-refractivity contribution in [3.8, 4) is 0 Å². The zero-order chi connectivity index (χ0) is 21.8. The van der Waals surface area contributed by atoms with E-state index >= 15 is 0 Å². The van der Waals surface area contributed by atoms with E-state index in [-0.39, 0.29) is 42.3 Å². The van der Waals surface area contributed by atoms with Crippen molar-refractivity contribution < 1.29 is 57.7 Å². The third-order valence-corrected chi connectivity index (χ3v) is 17.0. The largest absolute Gasteiger partial charge is 1.00 e. The maximum Gasteiger partial charge on any atom is -1.00 e. The fourth-order valence-electron chi connectivity index (χ4n) is 5.05. The molecule has 2 aromatic rings. The number of rotatable bonds is 4. The van der Waals surface area contributed by atoms with Gasteiger partial charge in [0.05, 0.1) is 0 Å². The molecule has 0 N–H and O–H groups in total. The van der Waals surface area contributed by atoms with Crippen molar-refractivity contribution in [3.05, 3.63) is 74.7 Å². The Morgan fingerprint density at radius 3 is 1.62 bits per heavy atom. The summed E-state index contributed by atoms with van der Waals surface area (Å²) in [5.41, 5.74) is 5.98. The van der Waals surface area contributed by atoms with Crippen LogP contribution in [0, 0.1) is 6.92 Å². The average Bonchev–Trinajstić information content (AvgIpc) is 2.83. The first-order chi connectivity index (χ1) is 13.3. The van der Waals surface area contributed by atoms with Crippen LogP contribution in [0.15, 0.2) is 69.1 Å². The van der Waals surface area contributed by atoms with Crippen molar-refractivity contribution in [2.24, 2.45) is 0 Å². The van der Waals surface area contributed by atoms with E-state index < -0.39 is 16.1 Å². The first-order valence-electron chi connectivity index (χ1n) is 10.6. The monoisotopic (exact) mass is 556 g/mol. The zero-order valence-electron chi connectivity index (χ0n) is 20.8. The van der Waals surface area contributed by atoms with E-state index in [2.05, 4.69) is 130 Å². The van der Waals surface area contributed by atoms with Gasteiger partial charge in [0, 0.05) is 0 Å². The van der Waals surface area contributed by atoms with Crippen LogP contribution < -0.4 is 52.8 Å². The van der Waals surface area contributed by atoms with E-state index in [1.165, 1.54) is 21.9 Å². The van der Waals surface area contributed by atoms with Gasteiger partial charge >= 0.3 is 193 Å². The second kappa shape index (κ2) is 11.1. The van der Waals surface area contributed by atoms with Crippen LogP contribution in [0.3, 0.4) is 0 Å². The van der Waals surface area contributed by atoms with E-state index in [1.54, 1.807) is 19.8 Å². The van der Waals surface area contributed by atoms with Crippen LogP contribution in [0.2, 0.25) is 31.2 Å². The van der Waals surface area contributed by atoms with Crippen LogP contribution in [-0.2, 0) is 20.4 Å². The summed E-state index contributed by atoms with van der Waals surface area (Å²) >= 11 is 2.39. The molecule has 32 heavy (non-hydrogen) atoms. The first-order valence-corrected chi connectivity index (χ1v) is 17.4. The molecular weight excluding hydrogens is 523 g/mol. The Morgan fingerprint density at radius 1 is 0.688 bits per heavy atom. The molecule has 0 nitrogen and oxygen atoms in total. The molecule has 0 aromatic heterocycles. The van der Waals surface area contributed by atoms with Gasteiger partial charge in [-0.2, -0.15) is 0 Å². The summed E-state index contributed by atoms with van der Waals surface area (Å²) in [5.74, 6) is 0. The maximum absolute atomic E-state index is 2.62. The molecule has 0 heterocycles. The number of halogens is 3. The first kappa shape index (κ1) is 31.9. The van der Waals surface area contributed by atoms with Gasteiger partial charge in [-0.3, -0.25) is 0 Å². The molecule has 0 spiro atoms. The van der Waals surface area contributed by atoms with Crippen LogP contribution in [0.1, 0.15) is 33.3 Å². The molecule has 6 heteroatoms. The Kier molecular flexibility index (Phi) is 11.1. The molecular formula is C26H35Cl3Si2Ti. The van der Waals surface area contributed by atoms with Crippen molar-refractivity contribution in [1.29, 1.82) is 0 Å². The number of benzene rings is 2. The standard InChI is InChI=1S/C26H35Si2.3ClH.Ti/c1-19-15-24(27(6,7)8)17-25(16-19)28(9,23-13-11-10-12-14-23)26(5)18-20(2)21(3)22(26)4;;;;/h10-17H,1-9H3;3*1H;/q;;;;+3/p-3. The van der Waals surface area contributed by atoms with Gasteiger partial charge in [0.1, 0.15) is 0 Å². The molecule has 0 aliphatic heterocycles. The summed E-state index contributed by atoms with van der Waals surface area (Å²) in [6, 6.07) is 18.9. The van der Waals surface area contributed by atoms with Gasteiger partial charge in [0.2, 0.25) is 0 Å². The van der Waals surface area contributed by atoms with Crippen molar-refractivity contribution >= 4 is 31.7 Å². The van der Waals surface area contributed by atoms with Crippen molar-refractivity contribution in [3.63, 3.8) is 0 Å². The van der Waals surface area contributed by atoms with Crippen molar-refractivity contribution in [1.82, 2.24) is 0 Å².